The van der Waals surface area contributed by atoms with Gasteiger partial charge in [0, 0.05) is 36.7 Å². The molecule has 0 saturated heterocycles. The van der Waals surface area contributed by atoms with Crippen LogP contribution in [0.3, 0.4) is 0 Å². The van der Waals surface area contributed by atoms with Crippen molar-refractivity contribution in [1.82, 2.24) is 10.3 Å². The fraction of sp³-hybridized carbons (Fsp3) is 0.273. The van der Waals surface area contributed by atoms with Gasteiger partial charge in [-0.25, -0.2) is 0 Å². The highest BCUT2D eigenvalue weighted by Crippen LogP contribution is 2.40. The second-order valence-electron chi connectivity index (χ2n) is 3.95. The summed E-state index contributed by atoms with van der Waals surface area (Å²) < 4.78 is 0. The quantitative estimate of drug-likeness (QED) is 0.690. The van der Waals surface area contributed by atoms with Crippen molar-refractivity contribution in [2.24, 2.45) is 0 Å². The number of aromatic hydroxyl groups is 1. The van der Waals surface area contributed by atoms with E-state index in [1.807, 2.05) is 0 Å². The van der Waals surface area contributed by atoms with Gasteiger partial charge < -0.3 is 15.4 Å². The molecule has 0 spiro atoms. The van der Waals surface area contributed by atoms with Crippen molar-refractivity contribution in [2.75, 3.05) is 6.54 Å². The summed E-state index contributed by atoms with van der Waals surface area (Å²) in [5, 5.41) is 14.8. The maximum absolute atomic E-state index is 9.93. The van der Waals surface area contributed by atoms with Gasteiger partial charge in [0.25, 0.3) is 0 Å². The normalized spacial score (nSPS) is 14.5. The van der Waals surface area contributed by atoms with Gasteiger partial charge in [0.15, 0.2) is 0 Å². The van der Waals surface area contributed by atoms with E-state index in [0.717, 1.165) is 41.7 Å². The van der Waals surface area contributed by atoms with Crippen molar-refractivity contribution < 1.29 is 5.11 Å². The van der Waals surface area contributed by atoms with Gasteiger partial charge in [-0.15, -0.1) is 17.0 Å². The zero-order valence-electron chi connectivity index (χ0n) is 8.81. The Morgan fingerprint density at radius 3 is 2.82 bits per heavy atom. The van der Waals surface area contributed by atoms with Crippen LogP contribution in [0.2, 0.25) is 10.0 Å². The Balaban J connectivity index is 0.00000108. The fourth-order valence-electron chi connectivity index (χ4n) is 2.25. The molecule has 0 bridgehead atoms. The topological polar surface area (TPSA) is 48.0 Å². The monoisotopic (exact) mass is 336 g/mol. The number of aromatic amines is 1. The lowest BCUT2D eigenvalue weighted by Gasteiger charge is -2.12. The van der Waals surface area contributed by atoms with Crippen molar-refractivity contribution >= 4 is 51.1 Å². The van der Waals surface area contributed by atoms with Crippen LogP contribution in [0.25, 0.3) is 10.9 Å². The number of fused-ring (bicyclic) bond motifs is 3. The van der Waals surface area contributed by atoms with Gasteiger partial charge in [0.2, 0.25) is 0 Å². The van der Waals surface area contributed by atoms with Gasteiger partial charge in [-0.05, 0) is 5.56 Å². The highest BCUT2D eigenvalue weighted by atomic mass is 79.9. The van der Waals surface area contributed by atoms with Crippen molar-refractivity contribution in [3.8, 4) is 5.75 Å². The van der Waals surface area contributed by atoms with E-state index in [0.29, 0.717) is 10.0 Å². The fourth-order valence-corrected chi connectivity index (χ4v) is 2.64. The number of halogens is 3. The van der Waals surface area contributed by atoms with Gasteiger partial charge in [-0.1, -0.05) is 23.2 Å². The molecule has 6 heteroatoms. The molecule has 17 heavy (non-hydrogen) atoms. The Hall–Kier alpha value is -0.420. The molecule has 1 aliphatic heterocycles. The second-order valence-corrected chi connectivity index (χ2v) is 4.74. The van der Waals surface area contributed by atoms with Crippen LogP contribution in [-0.4, -0.2) is 16.6 Å². The van der Waals surface area contributed by atoms with E-state index in [4.69, 9.17) is 23.2 Å². The first kappa shape index (κ1) is 13.0. The molecule has 0 amide bonds. The van der Waals surface area contributed by atoms with E-state index >= 15 is 0 Å². The number of benzene rings is 1. The minimum Gasteiger partial charge on any atom is -0.507 e. The first-order valence-electron chi connectivity index (χ1n) is 5.09. The molecular weight excluding hydrogens is 327 g/mol. The molecular formula is C11H11BrCl2N2O. The number of H-pyrrole nitrogens is 1. The van der Waals surface area contributed by atoms with E-state index in [-0.39, 0.29) is 22.7 Å². The third-order valence-corrected chi connectivity index (χ3v) is 3.78. The smallest absolute Gasteiger partial charge is 0.126 e. The molecule has 0 atom stereocenters. The summed E-state index contributed by atoms with van der Waals surface area (Å²) >= 11 is 12.1. The van der Waals surface area contributed by atoms with Crippen molar-refractivity contribution in [3.63, 3.8) is 0 Å². The lowest BCUT2D eigenvalue weighted by atomic mass is 10.1. The molecule has 0 fully saturated rings. The van der Waals surface area contributed by atoms with Crippen molar-refractivity contribution in [3.05, 3.63) is 27.4 Å². The van der Waals surface area contributed by atoms with Crippen LogP contribution in [0.1, 0.15) is 11.3 Å². The summed E-state index contributed by atoms with van der Waals surface area (Å²) in [6.45, 7) is 1.69. The minimum absolute atomic E-state index is 0. The Labute approximate surface area is 119 Å². The molecule has 1 aromatic carbocycles. The van der Waals surface area contributed by atoms with Gasteiger partial charge in [0.05, 0.1) is 15.6 Å². The van der Waals surface area contributed by atoms with E-state index in [2.05, 4.69) is 10.3 Å². The summed E-state index contributed by atoms with van der Waals surface area (Å²) in [5.74, 6) is 0.186. The van der Waals surface area contributed by atoms with E-state index < -0.39 is 0 Å². The minimum atomic E-state index is 0. The largest absolute Gasteiger partial charge is 0.507 e. The molecule has 3 nitrogen and oxygen atoms in total. The Bertz CT molecular complexity index is 583. The van der Waals surface area contributed by atoms with Gasteiger partial charge >= 0.3 is 0 Å². The molecule has 3 N–H and O–H groups in total. The predicted octanol–water partition coefficient (Wildman–Crippen LogP) is 3.40. The van der Waals surface area contributed by atoms with Crippen LogP contribution in [0.15, 0.2) is 6.07 Å². The van der Waals surface area contributed by atoms with Gasteiger partial charge in [-0.2, -0.15) is 0 Å². The summed E-state index contributed by atoms with van der Waals surface area (Å²) in [5.41, 5.74) is 2.96. The Morgan fingerprint density at radius 1 is 1.29 bits per heavy atom. The van der Waals surface area contributed by atoms with Crippen LogP contribution in [0, 0.1) is 0 Å². The van der Waals surface area contributed by atoms with Crippen LogP contribution in [0.5, 0.6) is 5.75 Å². The Morgan fingerprint density at radius 2 is 2.06 bits per heavy atom. The molecule has 1 aromatic heterocycles. The predicted molar refractivity (Wildman–Crippen MR) is 75.7 cm³/mol. The van der Waals surface area contributed by atoms with Crippen LogP contribution in [0.4, 0.5) is 0 Å². The summed E-state index contributed by atoms with van der Waals surface area (Å²) in [7, 11) is 0. The Kier molecular flexibility index (Phi) is 3.59. The average Bonchev–Trinajstić information content (AvgIpc) is 2.65. The standard InChI is InChI=1S/C11H10Cl2N2O.BrH/c12-6-3-8(16)9-5-4-14-2-1-7(5)15-11(9)10(6)13;/h3,14-16H,1-2,4H2;1H. The SMILES string of the molecule is Br.Oc1cc(Cl)c(Cl)c2[nH]c3c(c12)CNCC3. The number of hydrogen-bond acceptors (Lipinski definition) is 2. The van der Waals surface area contributed by atoms with Gasteiger partial charge in [-0.3, -0.25) is 0 Å². The first-order chi connectivity index (χ1) is 7.68. The molecule has 2 aromatic rings. The van der Waals surface area contributed by atoms with Crippen LogP contribution < -0.4 is 5.32 Å². The number of phenolic OH excluding ortho intramolecular Hbond substituents is 1. The van der Waals surface area contributed by atoms with Crippen molar-refractivity contribution in [2.45, 2.75) is 13.0 Å². The third-order valence-electron chi connectivity index (χ3n) is 2.99. The lowest BCUT2D eigenvalue weighted by molar-refractivity contribution is 0.481. The summed E-state index contributed by atoms with van der Waals surface area (Å²) in [4.78, 5) is 3.25. The molecule has 3 rings (SSSR count). The molecule has 0 radical (unpaired) electrons. The zero-order chi connectivity index (χ0) is 11.3. The molecule has 1 aliphatic rings. The first-order valence-corrected chi connectivity index (χ1v) is 5.85. The number of aromatic nitrogens is 1. The highest BCUT2D eigenvalue weighted by molar-refractivity contribution is 8.93. The molecule has 92 valence electrons. The number of phenols is 1. The van der Waals surface area contributed by atoms with E-state index in [1.54, 1.807) is 0 Å². The van der Waals surface area contributed by atoms with Crippen LogP contribution >= 0.6 is 40.2 Å². The average molecular weight is 338 g/mol. The highest BCUT2D eigenvalue weighted by Gasteiger charge is 2.20. The number of rotatable bonds is 0. The number of nitrogens with one attached hydrogen (secondary N) is 2. The molecule has 0 unspecified atom stereocenters. The lowest BCUT2D eigenvalue weighted by Crippen LogP contribution is -2.22. The summed E-state index contributed by atoms with van der Waals surface area (Å²) in [6.07, 6.45) is 0.914. The van der Waals surface area contributed by atoms with Crippen LogP contribution in [-0.2, 0) is 13.0 Å². The third kappa shape index (κ3) is 1.93. The molecule has 0 aliphatic carbocycles. The van der Waals surface area contributed by atoms with E-state index in [1.165, 1.54) is 6.07 Å². The van der Waals surface area contributed by atoms with Crippen molar-refractivity contribution in [1.29, 1.82) is 0 Å². The summed E-state index contributed by atoms with van der Waals surface area (Å²) in [6, 6.07) is 1.49. The molecule has 2 heterocycles. The van der Waals surface area contributed by atoms with Gasteiger partial charge in [0.1, 0.15) is 5.75 Å². The number of hydrogen-bond donors (Lipinski definition) is 3. The van der Waals surface area contributed by atoms with E-state index in [9.17, 15) is 5.11 Å². The maximum Gasteiger partial charge on any atom is 0.126 e. The second kappa shape index (κ2) is 4.69. The molecule has 0 saturated carbocycles. The zero-order valence-corrected chi connectivity index (χ0v) is 12.0. The maximum atomic E-state index is 9.93.